The number of carbonyl (C=O) groups is 2. The van der Waals surface area contributed by atoms with Crippen molar-refractivity contribution in [1.82, 2.24) is 20.1 Å². The maximum atomic E-state index is 13.5. The minimum Gasteiger partial charge on any atom is -0.349 e. The van der Waals surface area contributed by atoms with Crippen LogP contribution in [0.3, 0.4) is 0 Å². The molecule has 35 heavy (non-hydrogen) atoms. The Morgan fingerprint density at radius 2 is 1.94 bits per heavy atom. The molecule has 1 fully saturated rings. The van der Waals surface area contributed by atoms with Crippen molar-refractivity contribution in [3.05, 3.63) is 67.8 Å². The van der Waals surface area contributed by atoms with Crippen molar-refractivity contribution in [3.63, 3.8) is 0 Å². The van der Waals surface area contributed by atoms with Crippen molar-refractivity contribution in [2.45, 2.75) is 38.9 Å². The molecule has 0 radical (unpaired) electrons. The first-order valence-electron chi connectivity index (χ1n) is 10.6. The fourth-order valence-electron chi connectivity index (χ4n) is 3.67. The molecule has 0 bridgehead atoms. The molecule has 3 aromatic rings. The Morgan fingerprint density at radius 1 is 1.23 bits per heavy atom. The Hall–Kier alpha value is -2.67. The van der Waals surface area contributed by atoms with E-state index >= 15 is 0 Å². The second kappa shape index (κ2) is 9.76. The van der Waals surface area contributed by atoms with Crippen LogP contribution in [0.4, 0.5) is 18.9 Å². The van der Waals surface area contributed by atoms with Gasteiger partial charge < -0.3 is 10.6 Å². The van der Waals surface area contributed by atoms with Crippen LogP contribution in [0.5, 0.6) is 0 Å². The molecule has 184 valence electrons. The summed E-state index contributed by atoms with van der Waals surface area (Å²) in [5.74, 6) is -0.835. The van der Waals surface area contributed by atoms with E-state index in [4.69, 9.17) is 11.6 Å². The van der Waals surface area contributed by atoms with Crippen LogP contribution in [0, 0.1) is 16.4 Å². The van der Waals surface area contributed by atoms with E-state index in [1.807, 2.05) is 6.92 Å². The number of halogens is 5. The van der Waals surface area contributed by atoms with Crippen molar-refractivity contribution in [2.24, 2.45) is 5.92 Å². The van der Waals surface area contributed by atoms with E-state index in [-0.39, 0.29) is 33.9 Å². The Morgan fingerprint density at radius 3 is 2.57 bits per heavy atom. The molecule has 1 atom stereocenters. The number of aromatic nitrogens is 3. The van der Waals surface area contributed by atoms with Crippen LogP contribution in [0.2, 0.25) is 5.02 Å². The molecule has 1 aliphatic carbocycles. The molecular formula is C23H20ClF3IN5O2. The van der Waals surface area contributed by atoms with Gasteiger partial charge in [0.1, 0.15) is 5.69 Å². The molecule has 0 saturated heterocycles. The molecule has 1 saturated carbocycles. The first kappa shape index (κ1) is 25.4. The SMILES string of the molecule is Cc1cc(I)cc(C(=O)NC(C)C2CC2)c1NC(=O)c1cc(C(F)(F)F)nn1-c1ccncc1Cl. The molecule has 2 aromatic heterocycles. The second-order valence-electron chi connectivity index (χ2n) is 8.35. The molecule has 2 amide bonds. The van der Waals surface area contributed by atoms with Gasteiger partial charge in [-0.1, -0.05) is 11.6 Å². The third kappa shape index (κ3) is 5.61. The van der Waals surface area contributed by atoms with Gasteiger partial charge in [-0.05, 0) is 79.0 Å². The maximum absolute atomic E-state index is 13.5. The Labute approximate surface area is 217 Å². The average molecular weight is 618 g/mol. The summed E-state index contributed by atoms with van der Waals surface area (Å²) in [4.78, 5) is 30.1. The largest absolute Gasteiger partial charge is 0.435 e. The summed E-state index contributed by atoms with van der Waals surface area (Å²) >= 11 is 8.18. The second-order valence-corrected chi connectivity index (χ2v) is 10.0. The number of hydrogen-bond acceptors (Lipinski definition) is 4. The summed E-state index contributed by atoms with van der Waals surface area (Å²) in [5.41, 5.74) is -0.596. The lowest BCUT2D eigenvalue weighted by Crippen LogP contribution is -2.35. The first-order valence-corrected chi connectivity index (χ1v) is 12.1. The number of rotatable bonds is 6. The maximum Gasteiger partial charge on any atom is 0.435 e. The zero-order valence-electron chi connectivity index (χ0n) is 18.6. The monoisotopic (exact) mass is 617 g/mol. The predicted molar refractivity (Wildman–Crippen MR) is 133 cm³/mol. The molecule has 0 spiro atoms. The summed E-state index contributed by atoms with van der Waals surface area (Å²) < 4.78 is 41.9. The average Bonchev–Trinajstić information content (AvgIpc) is 3.53. The van der Waals surface area contributed by atoms with Gasteiger partial charge in [0, 0.05) is 28.1 Å². The van der Waals surface area contributed by atoms with Crippen molar-refractivity contribution < 1.29 is 22.8 Å². The van der Waals surface area contributed by atoms with Crippen LogP contribution < -0.4 is 10.6 Å². The highest BCUT2D eigenvalue weighted by molar-refractivity contribution is 14.1. The van der Waals surface area contributed by atoms with Crippen LogP contribution in [0.25, 0.3) is 5.69 Å². The number of aryl methyl sites for hydroxylation is 1. The van der Waals surface area contributed by atoms with Gasteiger partial charge >= 0.3 is 6.18 Å². The molecule has 2 heterocycles. The fourth-order valence-corrected chi connectivity index (χ4v) is 4.65. The van der Waals surface area contributed by atoms with E-state index < -0.39 is 23.5 Å². The van der Waals surface area contributed by atoms with E-state index in [0.29, 0.717) is 17.5 Å². The van der Waals surface area contributed by atoms with Gasteiger partial charge in [-0.25, -0.2) is 4.68 Å². The number of amides is 2. The molecular weight excluding hydrogens is 598 g/mol. The lowest BCUT2D eigenvalue weighted by Gasteiger charge is -2.18. The summed E-state index contributed by atoms with van der Waals surface area (Å²) in [6.45, 7) is 3.63. The number of nitrogens with zero attached hydrogens (tertiary/aromatic N) is 3. The topological polar surface area (TPSA) is 88.9 Å². The van der Waals surface area contributed by atoms with Crippen LogP contribution in [-0.2, 0) is 6.18 Å². The number of pyridine rings is 1. The Bertz CT molecular complexity index is 1310. The molecule has 2 N–H and O–H groups in total. The Kier molecular flexibility index (Phi) is 7.09. The predicted octanol–water partition coefficient (Wildman–Crippen LogP) is 5.63. The molecule has 1 unspecified atom stereocenters. The number of nitrogens with one attached hydrogen (secondary N) is 2. The quantitative estimate of drug-likeness (QED) is 0.351. The van der Waals surface area contributed by atoms with Gasteiger partial charge in [0.25, 0.3) is 11.8 Å². The molecule has 1 aliphatic rings. The van der Waals surface area contributed by atoms with Crippen LogP contribution in [0.15, 0.2) is 36.7 Å². The normalized spacial score (nSPS) is 14.5. The summed E-state index contributed by atoms with van der Waals surface area (Å²) in [6, 6.07) is 5.34. The van der Waals surface area contributed by atoms with Crippen molar-refractivity contribution in [3.8, 4) is 5.69 Å². The first-order chi connectivity index (χ1) is 16.5. The molecule has 12 heteroatoms. The van der Waals surface area contributed by atoms with E-state index in [9.17, 15) is 22.8 Å². The van der Waals surface area contributed by atoms with Gasteiger partial charge in [0.05, 0.1) is 22.0 Å². The third-order valence-electron chi connectivity index (χ3n) is 5.68. The number of benzene rings is 1. The fraction of sp³-hybridized carbons (Fsp3) is 0.304. The van der Waals surface area contributed by atoms with Gasteiger partial charge in [-0.3, -0.25) is 14.6 Å². The summed E-state index contributed by atoms with van der Waals surface area (Å²) in [6.07, 6.45) is -0.146. The highest BCUT2D eigenvalue weighted by atomic mass is 127. The van der Waals surface area contributed by atoms with Gasteiger partial charge in [-0.2, -0.15) is 18.3 Å². The van der Waals surface area contributed by atoms with Crippen molar-refractivity contribution in [1.29, 1.82) is 0 Å². The standard InChI is InChI=1S/C23H20ClF3IN5O2/c1-11-7-14(28)8-15(21(34)30-12(2)13-3-4-13)20(11)31-22(35)18-9-19(23(25,26)27)32-33(18)17-5-6-29-10-16(17)24/h5-10,12-13H,3-4H2,1-2H3,(H,30,34)(H,31,35). The number of hydrogen-bond donors (Lipinski definition) is 2. The van der Waals surface area contributed by atoms with Crippen molar-refractivity contribution in [2.75, 3.05) is 5.32 Å². The molecule has 4 rings (SSSR count). The summed E-state index contributed by atoms with van der Waals surface area (Å²) in [5, 5.41) is 9.16. The highest BCUT2D eigenvalue weighted by Gasteiger charge is 2.37. The zero-order valence-corrected chi connectivity index (χ0v) is 21.5. The number of anilines is 1. The highest BCUT2D eigenvalue weighted by Crippen LogP contribution is 2.34. The smallest absolute Gasteiger partial charge is 0.349 e. The Balaban J connectivity index is 1.73. The van der Waals surface area contributed by atoms with E-state index in [1.165, 1.54) is 18.5 Å². The van der Waals surface area contributed by atoms with E-state index in [0.717, 1.165) is 21.1 Å². The van der Waals surface area contributed by atoms with Gasteiger partial charge in [-0.15, -0.1) is 0 Å². The minimum atomic E-state index is -4.79. The lowest BCUT2D eigenvalue weighted by molar-refractivity contribution is -0.141. The number of alkyl halides is 3. The molecule has 0 aliphatic heterocycles. The molecule has 7 nitrogen and oxygen atoms in total. The third-order valence-corrected chi connectivity index (χ3v) is 6.60. The van der Waals surface area contributed by atoms with Crippen LogP contribution in [0.1, 0.15) is 51.9 Å². The summed E-state index contributed by atoms with van der Waals surface area (Å²) in [7, 11) is 0. The van der Waals surface area contributed by atoms with E-state index in [1.54, 1.807) is 19.1 Å². The number of carbonyl (C=O) groups excluding carboxylic acids is 2. The van der Waals surface area contributed by atoms with Crippen LogP contribution in [-0.4, -0.2) is 32.6 Å². The van der Waals surface area contributed by atoms with E-state index in [2.05, 4.69) is 43.3 Å². The van der Waals surface area contributed by atoms with Gasteiger partial charge in [0.15, 0.2) is 5.69 Å². The van der Waals surface area contributed by atoms with Crippen LogP contribution >= 0.6 is 34.2 Å². The minimum absolute atomic E-state index is 0.0120. The zero-order chi connectivity index (χ0) is 25.5. The molecule has 1 aromatic carbocycles. The van der Waals surface area contributed by atoms with Gasteiger partial charge in [0.2, 0.25) is 0 Å². The van der Waals surface area contributed by atoms with Crippen molar-refractivity contribution >= 4 is 51.7 Å². The lowest BCUT2D eigenvalue weighted by atomic mass is 10.1.